The Hall–Kier alpha value is -3.97. The SMILES string of the molecule is Cc1ccc(-n2c(SCC(=O)N/N=C\C=C\c3ccccc3)nnc2-c2ccc(C(C)(C)C)cc2)cc1. The van der Waals surface area contributed by atoms with Crippen molar-refractivity contribution in [2.75, 3.05) is 5.75 Å². The summed E-state index contributed by atoms with van der Waals surface area (Å²) < 4.78 is 2.00. The topological polar surface area (TPSA) is 72.2 Å². The fraction of sp³-hybridized carbons (Fsp3) is 0.200. The number of amides is 1. The van der Waals surface area contributed by atoms with Crippen molar-refractivity contribution in [1.29, 1.82) is 0 Å². The van der Waals surface area contributed by atoms with Crippen molar-refractivity contribution in [2.45, 2.75) is 38.3 Å². The first kappa shape index (κ1) is 26.1. The van der Waals surface area contributed by atoms with Gasteiger partial charge in [0.05, 0.1) is 5.75 Å². The van der Waals surface area contributed by atoms with Gasteiger partial charge >= 0.3 is 0 Å². The number of hydrogen-bond acceptors (Lipinski definition) is 5. The molecule has 1 heterocycles. The van der Waals surface area contributed by atoms with E-state index in [9.17, 15) is 4.79 Å². The molecule has 7 heteroatoms. The second-order valence-electron chi connectivity index (χ2n) is 9.68. The molecular formula is C30H31N5OS. The zero-order valence-electron chi connectivity index (χ0n) is 21.6. The molecule has 0 saturated carbocycles. The Kier molecular flexibility index (Phi) is 8.36. The highest BCUT2D eigenvalue weighted by molar-refractivity contribution is 7.99. The first-order valence-electron chi connectivity index (χ1n) is 12.1. The van der Waals surface area contributed by atoms with Crippen LogP contribution in [0.25, 0.3) is 23.2 Å². The van der Waals surface area contributed by atoms with Crippen LogP contribution in [0.1, 0.15) is 37.5 Å². The van der Waals surface area contributed by atoms with E-state index in [1.165, 1.54) is 22.9 Å². The highest BCUT2D eigenvalue weighted by atomic mass is 32.2. The summed E-state index contributed by atoms with van der Waals surface area (Å²) in [6.07, 6.45) is 5.27. The summed E-state index contributed by atoms with van der Waals surface area (Å²) in [5.74, 6) is 0.673. The summed E-state index contributed by atoms with van der Waals surface area (Å²) in [5.41, 5.74) is 8.02. The normalized spacial score (nSPS) is 11.9. The standard InChI is InChI=1S/C30H31N5OS/c1-22-12-18-26(19-13-22)35-28(24-14-16-25(17-15-24)30(2,3)4)33-34-29(35)37-21-27(36)32-31-20-8-11-23-9-6-5-7-10-23/h5-20H,21H2,1-4H3,(H,32,36)/b11-8+,31-20-. The number of carbonyl (C=O) groups is 1. The summed E-state index contributed by atoms with van der Waals surface area (Å²) in [5, 5.41) is 13.6. The molecule has 1 amide bonds. The minimum Gasteiger partial charge on any atom is -0.272 e. The van der Waals surface area contributed by atoms with Gasteiger partial charge in [0.2, 0.25) is 0 Å². The number of nitrogens with one attached hydrogen (secondary N) is 1. The summed E-state index contributed by atoms with van der Waals surface area (Å²) in [7, 11) is 0. The van der Waals surface area contributed by atoms with Crippen LogP contribution in [-0.2, 0) is 10.2 Å². The molecule has 0 atom stereocenters. The summed E-state index contributed by atoms with van der Waals surface area (Å²) in [4.78, 5) is 12.4. The number of aryl methyl sites for hydroxylation is 1. The van der Waals surface area contributed by atoms with Crippen LogP contribution in [0.5, 0.6) is 0 Å². The van der Waals surface area contributed by atoms with E-state index in [2.05, 4.69) is 84.8 Å². The van der Waals surface area contributed by atoms with E-state index in [0.717, 1.165) is 22.6 Å². The molecule has 37 heavy (non-hydrogen) atoms. The lowest BCUT2D eigenvalue weighted by atomic mass is 9.87. The molecule has 0 unspecified atom stereocenters. The van der Waals surface area contributed by atoms with E-state index in [1.807, 2.05) is 53.1 Å². The molecule has 0 fully saturated rings. The summed E-state index contributed by atoms with van der Waals surface area (Å²) >= 11 is 1.32. The van der Waals surface area contributed by atoms with Gasteiger partial charge in [-0.15, -0.1) is 10.2 Å². The van der Waals surface area contributed by atoms with Crippen molar-refractivity contribution in [3.63, 3.8) is 0 Å². The number of allylic oxidation sites excluding steroid dienone is 1. The lowest BCUT2D eigenvalue weighted by Gasteiger charge is -2.19. The number of benzene rings is 3. The van der Waals surface area contributed by atoms with Gasteiger partial charge in [0.25, 0.3) is 5.91 Å². The van der Waals surface area contributed by atoms with Gasteiger partial charge in [-0.3, -0.25) is 9.36 Å². The molecule has 6 nitrogen and oxygen atoms in total. The lowest BCUT2D eigenvalue weighted by Crippen LogP contribution is -2.19. The smallest absolute Gasteiger partial charge is 0.250 e. The van der Waals surface area contributed by atoms with Crippen LogP contribution >= 0.6 is 11.8 Å². The van der Waals surface area contributed by atoms with E-state index in [4.69, 9.17) is 0 Å². The van der Waals surface area contributed by atoms with Crippen LogP contribution in [0.4, 0.5) is 0 Å². The first-order valence-corrected chi connectivity index (χ1v) is 13.1. The molecular weight excluding hydrogens is 478 g/mol. The largest absolute Gasteiger partial charge is 0.272 e. The maximum atomic E-state index is 12.4. The van der Waals surface area contributed by atoms with E-state index in [1.54, 1.807) is 12.3 Å². The quantitative estimate of drug-likeness (QED) is 0.168. The number of hydrazone groups is 1. The molecule has 4 rings (SSSR count). The van der Waals surface area contributed by atoms with Crippen molar-refractivity contribution in [3.8, 4) is 17.1 Å². The van der Waals surface area contributed by atoms with Crippen LogP contribution < -0.4 is 5.43 Å². The van der Waals surface area contributed by atoms with E-state index in [0.29, 0.717) is 5.16 Å². The first-order chi connectivity index (χ1) is 17.8. The number of thioether (sulfide) groups is 1. The molecule has 0 aliphatic heterocycles. The van der Waals surface area contributed by atoms with Gasteiger partial charge in [0, 0.05) is 17.5 Å². The molecule has 0 saturated heterocycles. The second-order valence-corrected chi connectivity index (χ2v) is 10.6. The van der Waals surface area contributed by atoms with Gasteiger partial charge in [-0.1, -0.05) is 111 Å². The lowest BCUT2D eigenvalue weighted by molar-refractivity contribution is -0.118. The van der Waals surface area contributed by atoms with E-state index in [-0.39, 0.29) is 17.1 Å². The number of aromatic nitrogens is 3. The van der Waals surface area contributed by atoms with Crippen LogP contribution in [0, 0.1) is 6.92 Å². The van der Waals surface area contributed by atoms with Crippen molar-refractivity contribution < 1.29 is 4.79 Å². The number of hydrogen-bond donors (Lipinski definition) is 1. The molecule has 0 radical (unpaired) electrons. The van der Waals surface area contributed by atoms with Crippen LogP contribution in [-0.4, -0.2) is 32.6 Å². The number of rotatable bonds is 8. The molecule has 0 aliphatic rings. The van der Waals surface area contributed by atoms with Crippen LogP contribution in [0.3, 0.4) is 0 Å². The average Bonchev–Trinajstić information content (AvgIpc) is 3.32. The summed E-state index contributed by atoms with van der Waals surface area (Å²) in [6, 6.07) is 26.5. The molecule has 4 aromatic rings. The minimum absolute atomic E-state index is 0.0668. The Balaban J connectivity index is 1.48. The Morgan fingerprint density at radius 2 is 1.68 bits per heavy atom. The zero-order valence-corrected chi connectivity index (χ0v) is 22.4. The third-order valence-corrected chi connectivity index (χ3v) is 6.63. The Morgan fingerprint density at radius 1 is 0.973 bits per heavy atom. The van der Waals surface area contributed by atoms with Gasteiger partial charge in [-0.2, -0.15) is 5.10 Å². The molecule has 1 N–H and O–H groups in total. The van der Waals surface area contributed by atoms with Crippen LogP contribution in [0.15, 0.2) is 95.2 Å². The predicted octanol–water partition coefficient (Wildman–Crippen LogP) is 6.45. The van der Waals surface area contributed by atoms with Crippen molar-refractivity contribution in [3.05, 3.63) is 102 Å². The van der Waals surface area contributed by atoms with Gasteiger partial charge in [-0.05, 0) is 41.7 Å². The Morgan fingerprint density at radius 3 is 2.35 bits per heavy atom. The van der Waals surface area contributed by atoms with Crippen molar-refractivity contribution in [2.24, 2.45) is 5.10 Å². The fourth-order valence-electron chi connectivity index (χ4n) is 3.63. The number of nitrogens with zero attached hydrogens (tertiary/aromatic N) is 4. The van der Waals surface area contributed by atoms with Crippen LogP contribution in [0.2, 0.25) is 0 Å². The molecule has 0 spiro atoms. The molecule has 1 aromatic heterocycles. The predicted molar refractivity (Wildman–Crippen MR) is 153 cm³/mol. The Bertz CT molecular complexity index is 1380. The zero-order chi connectivity index (χ0) is 26.3. The van der Waals surface area contributed by atoms with Gasteiger partial charge in [0.15, 0.2) is 11.0 Å². The molecule has 3 aromatic carbocycles. The third-order valence-electron chi connectivity index (χ3n) is 5.71. The van der Waals surface area contributed by atoms with Gasteiger partial charge < -0.3 is 0 Å². The van der Waals surface area contributed by atoms with Gasteiger partial charge in [0.1, 0.15) is 0 Å². The summed E-state index contributed by atoms with van der Waals surface area (Å²) in [6.45, 7) is 8.64. The molecule has 0 aliphatic carbocycles. The van der Waals surface area contributed by atoms with Gasteiger partial charge in [-0.25, -0.2) is 5.43 Å². The number of carbonyl (C=O) groups excluding carboxylic acids is 1. The maximum absolute atomic E-state index is 12.4. The minimum atomic E-state index is -0.219. The van der Waals surface area contributed by atoms with E-state index < -0.39 is 0 Å². The molecule has 0 bridgehead atoms. The fourth-order valence-corrected chi connectivity index (χ4v) is 4.37. The Labute approximate surface area is 222 Å². The maximum Gasteiger partial charge on any atom is 0.250 e. The molecule has 188 valence electrons. The monoisotopic (exact) mass is 509 g/mol. The highest BCUT2D eigenvalue weighted by Crippen LogP contribution is 2.30. The average molecular weight is 510 g/mol. The van der Waals surface area contributed by atoms with Crippen molar-refractivity contribution >= 4 is 30.0 Å². The second kappa shape index (κ2) is 11.8. The van der Waals surface area contributed by atoms with E-state index >= 15 is 0 Å². The van der Waals surface area contributed by atoms with Crippen molar-refractivity contribution in [1.82, 2.24) is 20.2 Å². The highest BCUT2D eigenvalue weighted by Gasteiger charge is 2.19. The third kappa shape index (κ3) is 7.05.